The first kappa shape index (κ1) is 22.3. The summed E-state index contributed by atoms with van der Waals surface area (Å²) in [6, 6.07) is 16.9. The first-order valence-electron chi connectivity index (χ1n) is 10.6. The number of hydrogen-bond acceptors (Lipinski definition) is 2. The molecule has 1 aliphatic rings. The topological polar surface area (TPSA) is 45.6 Å². The molecule has 0 bridgehead atoms. The fraction of sp³-hybridized carbons (Fsp3) is 0.280. The third-order valence-electron chi connectivity index (χ3n) is 5.82. The maximum Gasteiger partial charge on any atom is 0.255 e. The van der Waals surface area contributed by atoms with Gasteiger partial charge in [0.2, 0.25) is 5.91 Å². The van der Waals surface area contributed by atoms with Gasteiger partial charge in [0.1, 0.15) is 12.4 Å². The van der Waals surface area contributed by atoms with Crippen molar-refractivity contribution in [3.8, 4) is 0 Å². The van der Waals surface area contributed by atoms with Crippen LogP contribution < -0.4 is 0 Å². The molecule has 166 valence electrons. The highest BCUT2D eigenvalue weighted by atomic mass is 79.9. The van der Waals surface area contributed by atoms with Gasteiger partial charge < -0.3 is 14.4 Å². The Bertz CT molecular complexity index is 1140. The van der Waals surface area contributed by atoms with Gasteiger partial charge in [-0.05, 0) is 71.7 Å². The summed E-state index contributed by atoms with van der Waals surface area (Å²) in [7, 11) is 0. The van der Waals surface area contributed by atoms with Crippen molar-refractivity contribution in [1.82, 2.24) is 14.4 Å². The minimum atomic E-state index is -0.408. The number of fused-ring (bicyclic) bond motifs is 1. The molecule has 0 aliphatic carbocycles. The van der Waals surface area contributed by atoms with E-state index in [1.54, 1.807) is 28.0 Å². The minimum absolute atomic E-state index is 0.0512. The van der Waals surface area contributed by atoms with Crippen molar-refractivity contribution in [3.63, 3.8) is 0 Å². The molecular formula is C25H25BrFN3O2. The Balaban J connectivity index is 1.64. The van der Waals surface area contributed by atoms with Crippen LogP contribution in [-0.4, -0.2) is 45.3 Å². The van der Waals surface area contributed by atoms with Crippen LogP contribution in [0.15, 0.2) is 71.3 Å². The fourth-order valence-electron chi connectivity index (χ4n) is 4.19. The molecule has 32 heavy (non-hydrogen) atoms. The molecule has 1 atom stereocenters. The minimum Gasteiger partial charge on any atom is -0.348 e. The quantitative estimate of drug-likeness (QED) is 0.504. The molecule has 0 radical (unpaired) electrons. The lowest BCUT2D eigenvalue weighted by atomic mass is 9.99. The van der Waals surface area contributed by atoms with E-state index in [9.17, 15) is 14.0 Å². The number of hydrogen-bond donors (Lipinski definition) is 0. The Morgan fingerprint density at radius 3 is 2.59 bits per heavy atom. The summed E-state index contributed by atoms with van der Waals surface area (Å²) in [5.41, 5.74) is 2.16. The van der Waals surface area contributed by atoms with Crippen molar-refractivity contribution < 1.29 is 14.0 Å². The normalized spacial score (nSPS) is 15.5. The van der Waals surface area contributed by atoms with Crippen LogP contribution in [0, 0.1) is 5.82 Å². The van der Waals surface area contributed by atoms with Crippen LogP contribution in [0.1, 0.15) is 41.5 Å². The molecule has 0 N–H and O–H groups in total. The monoisotopic (exact) mass is 497 g/mol. The first-order chi connectivity index (χ1) is 15.4. The molecule has 1 aromatic heterocycles. The van der Waals surface area contributed by atoms with E-state index in [0.29, 0.717) is 28.7 Å². The number of rotatable bonds is 5. The molecule has 0 saturated heterocycles. The molecule has 0 saturated carbocycles. The zero-order valence-electron chi connectivity index (χ0n) is 18.0. The van der Waals surface area contributed by atoms with Gasteiger partial charge in [0.15, 0.2) is 0 Å². The van der Waals surface area contributed by atoms with Gasteiger partial charge in [-0.3, -0.25) is 9.59 Å². The van der Waals surface area contributed by atoms with Crippen LogP contribution in [0.4, 0.5) is 4.39 Å². The number of nitrogens with zero attached hydrogens (tertiary/aromatic N) is 3. The summed E-state index contributed by atoms with van der Waals surface area (Å²) in [4.78, 5) is 30.1. The number of halogens is 2. The zero-order chi connectivity index (χ0) is 22.8. The number of carbonyl (C=O) groups excluding carboxylic acids is 2. The summed E-state index contributed by atoms with van der Waals surface area (Å²) >= 11 is 3.44. The largest absolute Gasteiger partial charge is 0.348 e. The van der Waals surface area contributed by atoms with Gasteiger partial charge in [-0.2, -0.15) is 0 Å². The molecule has 2 heterocycles. The summed E-state index contributed by atoms with van der Waals surface area (Å²) in [6.45, 7) is 4.88. The molecule has 0 unspecified atom stereocenters. The SMILES string of the molecule is CC(C)N(CC(=O)N1CCn2cccc2[C@H]1c1cccc(F)c1)C(=O)c1ccccc1Br. The van der Waals surface area contributed by atoms with Gasteiger partial charge in [-0.15, -0.1) is 0 Å². The average molecular weight is 498 g/mol. The summed E-state index contributed by atoms with van der Waals surface area (Å²) < 4.78 is 16.8. The second kappa shape index (κ2) is 9.28. The van der Waals surface area contributed by atoms with E-state index < -0.39 is 6.04 Å². The second-order valence-electron chi connectivity index (χ2n) is 8.18. The van der Waals surface area contributed by atoms with Crippen LogP contribution >= 0.6 is 15.9 Å². The van der Waals surface area contributed by atoms with Crippen molar-refractivity contribution in [2.75, 3.05) is 13.1 Å². The molecule has 4 rings (SSSR count). The van der Waals surface area contributed by atoms with E-state index in [2.05, 4.69) is 20.5 Å². The van der Waals surface area contributed by atoms with Gasteiger partial charge in [-0.25, -0.2) is 4.39 Å². The summed E-state index contributed by atoms with van der Waals surface area (Å²) in [6.07, 6.45) is 1.97. The van der Waals surface area contributed by atoms with E-state index in [1.165, 1.54) is 12.1 Å². The number of benzene rings is 2. The van der Waals surface area contributed by atoms with Crippen molar-refractivity contribution in [2.24, 2.45) is 0 Å². The highest BCUT2D eigenvalue weighted by Crippen LogP contribution is 2.33. The van der Waals surface area contributed by atoms with Crippen molar-refractivity contribution >= 4 is 27.7 Å². The highest BCUT2D eigenvalue weighted by Gasteiger charge is 2.34. The lowest BCUT2D eigenvalue weighted by Crippen LogP contribution is -2.49. The molecular weight excluding hydrogens is 473 g/mol. The Morgan fingerprint density at radius 1 is 1.09 bits per heavy atom. The lowest BCUT2D eigenvalue weighted by Gasteiger charge is -2.39. The lowest BCUT2D eigenvalue weighted by molar-refractivity contribution is -0.135. The van der Waals surface area contributed by atoms with Crippen LogP contribution in [0.2, 0.25) is 0 Å². The summed E-state index contributed by atoms with van der Waals surface area (Å²) in [5, 5.41) is 0. The predicted molar refractivity (Wildman–Crippen MR) is 125 cm³/mol. The zero-order valence-corrected chi connectivity index (χ0v) is 19.6. The molecule has 1 aliphatic heterocycles. The standard InChI is InChI=1S/C25H25BrFN3O2/c1-17(2)30(25(32)20-9-3-4-10-21(20)26)16-23(31)29-14-13-28-12-6-11-22(28)24(29)18-7-5-8-19(27)15-18/h3-12,15,17,24H,13-14,16H2,1-2H3/t24-/m1/s1. The van der Waals surface area contributed by atoms with E-state index >= 15 is 0 Å². The smallest absolute Gasteiger partial charge is 0.255 e. The van der Waals surface area contributed by atoms with Gasteiger partial charge in [0, 0.05) is 35.5 Å². The summed E-state index contributed by atoms with van der Waals surface area (Å²) in [5.74, 6) is -0.712. The van der Waals surface area contributed by atoms with Crippen LogP contribution in [0.3, 0.4) is 0 Å². The van der Waals surface area contributed by atoms with Crippen LogP contribution in [0.5, 0.6) is 0 Å². The maximum absolute atomic E-state index is 14.0. The molecule has 0 spiro atoms. The highest BCUT2D eigenvalue weighted by molar-refractivity contribution is 9.10. The predicted octanol–water partition coefficient (Wildman–Crippen LogP) is 4.87. The second-order valence-corrected chi connectivity index (χ2v) is 9.03. The fourth-order valence-corrected chi connectivity index (χ4v) is 4.65. The molecule has 5 nitrogen and oxygen atoms in total. The van der Waals surface area contributed by atoms with E-state index in [1.807, 2.05) is 50.4 Å². The number of carbonyl (C=O) groups is 2. The van der Waals surface area contributed by atoms with Gasteiger partial charge in [0.05, 0.1) is 11.6 Å². The molecule has 2 amide bonds. The molecule has 2 aromatic carbocycles. The number of aromatic nitrogens is 1. The van der Waals surface area contributed by atoms with E-state index in [4.69, 9.17) is 0 Å². The van der Waals surface area contributed by atoms with Gasteiger partial charge in [-0.1, -0.05) is 24.3 Å². The Morgan fingerprint density at radius 2 is 1.88 bits per heavy atom. The first-order valence-corrected chi connectivity index (χ1v) is 11.4. The van der Waals surface area contributed by atoms with Crippen molar-refractivity contribution in [2.45, 2.75) is 32.5 Å². The third-order valence-corrected chi connectivity index (χ3v) is 6.51. The number of amides is 2. The maximum atomic E-state index is 14.0. The van der Waals surface area contributed by atoms with Crippen molar-refractivity contribution in [1.29, 1.82) is 0 Å². The molecule has 3 aromatic rings. The van der Waals surface area contributed by atoms with Gasteiger partial charge in [0.25, 0.3) is 5.91 Å². The molecule has 7 heteroatoms. The third kappa shape index (κ3) is 4.35. The molecule has 0 fully saturated rings. The Kier molecular flexibility index (Phi) is 6.46. The van der Waals surface area contributed by atoms with Crippen LogP contribution in [0.25, 0.3) is 0 Å². The average Bonchev–Trinajstić information content (AvgIpc) is 3.25. The van der Waals surface area contributed by atoms with Crippen molar-refractivity contribution in [3.05, 3.63) is 94.0 Å². The van der Waals surface area contributed by atoms with E-state index in [-0.39, 0.29) is 30.2 Å². The van der Waals surface area contributed by atoms with Crippen LogP contribution in [-0.2, 0) is 11.3 Å². The van der Waals surface area contributed by atoms with Gasteiger partial charge >= 0.3 is 0 Å². The Hall–Kier alpha value is -2.93. The Labute approximate surface area is 195 Å². The van der Waals surface area contributed by atoms with E-state index in [0.717, 1.165) is 5.69 Å².